The van der Waals surface area contributed by atoms with Crippen molar-refractivity contribution in [3.63, 3.8) is 0 Å². The van der Waals surface area contributed by atoms with E-state index in [1.165, 1.54) is 18.2 Å². The maximum atomic E-state index is 10.6. The molecule has 0 fully saturated rings. The van der Waals surface area contributed by atoms with Gasteiger partial charge in [0, 0.05) is 6.07 Å². The molecule has 2 rings (SSSR count). The van der Waals surface area contributed by atoms with Gasteiger partial charge in [-0.3, -0.25) is 10.1 Å². The molecular weight excluding hydrogens is 233 g/mol. The number of benzene rings is 2. The van der Waals surface area contributed by atoms with E-state index in [2.05, 4.69) is 0 Å². The summed E-state index contributed by atoms with van der Waals surface area (Å²) in [5.41, 5.74) is 0.511. The summed E-state index contributed by atoms with van der Waals surface area (Å²) < 4.78 is 5.24. The lowest BCUT2D eigenvalue weighted by atomic mass is 9.79. The summed E-state index contributed by atoms with van der Waals surface area (Å²) in [6, 6.07) is 14.5. The molecule has 0 aromatic heterocycles. The fraction of sp³-hybridized carbons (Fsp3) is 0. The first-order valence-electron chi connectivity index (χ1n) is 5.31. The standard InChI is InChI=1S/C12H10BNO4/c15-13(10-5-2-1-3-6-10)18-12-8-4-7-11(9-12)14(16)17/h1-9,15H. The van der Waals surface area contributed by atoms with Crippen molar-refractivity contribution >= 4 is 18.3 Å². The molecule has 5 nitrogen and oxygen atoms in total. The van der Waals surface area contributed by atoms with E-state index >= 15 is 0 Å². The second kappa shape index (κ2) is 5.33. The largest absolute Gasteiger partial charge is 0.560 e. The first kappa shape index (κ1) is 12.1. The van der Waals surface area contributed by atoms with E-state index in [1.807, 2.05) is 6.07 Å². The first-order chi connectivity index (χ1) is 8.66. The fourth-order valence-electron chi connectivity index (χ4n) is 1.48. The Bertz CT molecular complexity index is 547. The lowest BCUT2D eigenvalue weighted by Gasteiger charge is -2.09. The topological polar surface area (TPSA) is 72.6 Å². The van der Waals surface area contributed by atoms with Crippen LogP contribution in [0.2, 0.25) is 0 Å². The molecule has 2 aromatic rings. The van der Waals surface area contributed by atoms with Gasteiger partial charge in [-0.2, -0.15) is 0 Å². The van der Waals surface area contributed by atoms with Crippen LogP contribution in [0.1, 0.15) is 0 Å². The monoisotopic (exact) mass is 243 g/mol. The van der Waals surface area contributed by atoms with E-state index < -0.39 is 12.0 Å². The third-order valence-electron chi connectivity index (χ3n) is 2.36. The van der Waals surface area contributed by atoms with Crippen LogP contribution in [0.25, 0.3) is 0 Å². The van der Waals surface area contributed by atoms with Crippen LogP contribution in [-0.4, -0.2) is 17.1 Å². The molecule has 0 unspecified atom stereocenters. The van der Waals surface area contributed by atoms with E-state index in [-0.39, 0.29) is 11.4 Å². The Morgan fingerprint density at radius 1 is 1.11 bits per heavy atom. The zero-order valence-corrected chi connectivity index (χ0v) is 9.39. The summed E-state index contributed by atoms with van der Waals surface area (Å²) in [6.45, 7) is 0. The highest BCUT2D eigenvalue weighted by Gasteiger charge is 2.19. The summed E-state index contributed by atoms with van der Waals surface area (Å²) in [6.07, 6.45) is 0. The van der Waals surface area contributed by atoms with Gasteiger partial charge in [0.15, 0.2) is 0 Å². The summed E-state index contributed by atoms with van der Waals surface area (Å²) in [4.78, 5) is 10.1. The van der Waals surface area contributed by atoms with E-state index in [4.69, 9.17) is 4.65 Å². The Balaban J connectivity index is 2.14. The van der Waals surface area contributed by atoms with Gasteiger partial charge in [-0.15, -0.1) is 0 Å². The predicted molar refractivity (Wildman–Crippen MR) is 67.8 cm³/mol. The van der Waals surface area contributed by atoms with Crippen molar-refractivity contribution in [2.45, 2.75) is 0 Å². The number of nitro groups is 1. The summed E-state index contributed by atoms with van der Waals surface area (Å²) >= 11 is 0. The smallest absolute Gasteiger partial charge is 0.532 e. The average Bonchev–Trinajstić information content (AvgIpc) is 2.40. The number of hydrogen-bond acceptors (Lipinski definition) is 4. The van der Waals surface area contributed by atoms with Crippen molar-refractivity contribution in [3.05, 3.63) is 64.7 Å². The van der Waals surface area contributed by atoms with Crippen molar-refractivity contribution in [1.82, 2.24) is 0 Å². The minimum Gasteiger partial charge on any atom is -0.532 e. The Labute approximate surface area is 104 Å². The minimum atomic E-state index is -1.15. The zero-order chi connectivity index (χ0) is 13.0. The molecule has 0 bridgehead atoms. The molecule has 2 aromatic carbocycles. The molecule has 0 saturated heterocycles. The van der Waals surface area contributed by atoms with Gasteiger partial charge in [0.25, 0.3) is 5.69 Å². The van der Waals surface area contributed by atoms with Crippen LogP contribution in [0.5, 0.6) is 5.75 Å². The first-order valence-corrected chi connectivity index (χ1v) is 5.31. The highest BCUT2D eigenvalue weighted by atomic mass is 16.6. The van der Waals surface area contributed by atoms with Crippen LogP contribution in [-0.2, 0) is 0 Å². The lowest BCUT2D eigenvalue weighted by Crippen LogP contribution is -2.36. The van der Waals surface area contributed by atoms with E-state index in [1.54, 1.807) is 30.3 Å². The predicted octanol–water partition coefficient (Wildman–Crippen LogP) is 1.36. The van der Waals surface area contributed by atoms with Crippen molar-refractivity contribution in [3.8, 4) is 5.75 Å². The van der Waals surface area contributed by atoms with Crippen molar-refractivity contribution in [1.29, 1.82) is 0 Å². The van der Waals surface area contributed by atoms with Crippen LogP contribution < -0.4 is 10.1 Å². The average molecular weight is 243 g/mol. The van der Waals surface area contributed by atoms with Gasteiger partial charge in [0.1, 0.15) is 5.75 Å². The molecule has 0 spiro atoms. The quantitative estimate of drug-likeness (QED) is 0.499. The van der Waals surface area contributed by atoms with Gasteiger partial charge in [-0.05, 0) is 11.5 Å². The molecule has 0 aliphatic carbocycles. The number of hydrogen-bond donors (Lipinski definition) is 1. The van der Waals surface area contributed by atoms with Gasteiger partial charge in [0.05, 0.1) is 11.0 Å². The SMILES string of the molecule is O=[N+]([O-])c1cccc(OB(O)c2ccccc2)c1. The van der Waals surface area contributed by atoms with Crippen LogP contribution >= 0.6 is 0 Å². The molecular formula is C12H10BNO4. The third kappa shape index (κ3) is 2.86. The molecule has 90 valence electrons. The van der Waals surface area contributed by atoms with E-state index in [0.717, 1.165) is 0 Å². The minimum absolute atomic E-state index is 0.0761. The van der Waals surface area contributed by atoms with E-state index in [9.17, 15) is 15.1 Å². The van der Waals surface area contributed by atoms with Crippen LogP contribution in [0.3, 0.4) is 0 Å². The second-order valence-corrected chi connectivity index (χ2v) is 3.64. The Morgan fingerprint density at radius 2 is 1.83 bits per heavy atom. The highest BCUT2D eigenvalue weighted by molar-refractivity contribution is 6.60. The molecule has 0 aliphatic heterocycles. The molecule has 0 aliphatic rings. The number of rotatable bonds is 4. The number of non-ortho nitro benzene ring substituents is 1. The van der Waals surface area contributed by atoms with Crippen molar-refractivity contribution < 1.29 is 14.6 Å². The maximum absolute atomic E-state index is 10.6. The Hall–Kier alpha value is -2.34. The summed E-state index contributed by atoms with van der Waals surface area (Å²) in [5.74, 6) is 0.251. The zero-order valence-electron chi connectivity index (χ0n) is 9.39. The molecule has 0 heterocycles. The third-order valence-corrected chi connectivity index (χ3v) is 2.36. The van der Waals surface area contributed by atoms with Crippen LogP contribution in [0, 0.1) is 10.1 Å². The van der Waals surface area contributed by atoms with Gasteiger partial charge in [-0.25, -0.2) is 0 Å². The maximum Gasteiger partial charge on any atom is 0.560 e. The summed E-state index contributed by atoms with van der Waals surface area (Å²) in [7, 11) is -1.15. The lowest BCUT2D eigenvalue weighted by molar-refractivity contribution is -0.384. The molecule has 0 amide bonds. The van der Waals surface area contributed by atoms with Gasteiger partial charge in [-0.1, -0.05) is 36.4 Å². The summed E-state index contributed by atoms with van der Waals surface area (Å²) in [5, 5.41) is 20.4. The number of nitro benzene ring substituents is 1. The molecule has 1 N–H and O–H groups in total. The molecule has 0 saturated carbocycles. The second-order valence-electron chi connectivity index (χ2n) is 3.64. The van der Waals surface area contributed by atoms with Crippen molar-refractivity contribution in [2.24, 2.45) is 0 Å². The molecule has 0 radical (unpaired) electrons. The molecule has 0 atom stereocenters. The van der Waals surface area contributed by atoms with Gasteiger partial charge >= 0.3 is 7.12 Å². The molecule has 6 heteroatoms. The Morgan fingerprint density at radius 3 is 2.50 bits per heavy atom. The normalized spacial score (nSPS) is 9.83. The van der Waals surface area contributed by atoms with Crippen LogP contribution in [0.15, 0.2) is 54.6 Å². The highest BCUT2D eigenvalue weighted by Crippen LogP contribution is 2.19. The van der Waals surface area contributed by atoms with Crippen molar-refractivity contribution in [2.75, 3.05) is 0 Å². The Kier molecular flexibility index (Phi) is 3.59. The molecule has 18 heavy (non-hydrogen) atoms. The fourth-order valence-corrected chi connectivity index (χ4v) is 1.48. The van der Waals surface area contributed by atoms with Gasteiger partial charge < -0.3 is 9.68 Å². The van der Waals surface area contributed by atoms with Crippen LogP contribution in [0.4, 0.5) is 5.69 Å². The van der Waals surface area contributed by atoms with E-state index in [0.29, 0.717) is 5.46 Å². The number of nitrogens with zero attached hydrogens (tertiary/aromatic N) is 1. The van der Waals surface area contributed by atoms with Gasteiger partial charge in [0.2, 0.25) is 0 Å².